The number of benzene rings is 1. The van der Waals surface area contributed by atoms with Gasteiger partial charge in [0.15, 0.2) is 35.7 Å². The third-order valence-electron chi connectivity index (χ3n) is 5.24. The predicted molar refractivity (Wildman–Crippen MR) is 105 cm³/mol. The largest absolute Gasteiger partial charge is 0.321 e. The average Bonchev–Trinajstić information content (AvgIpc) is 2.80. The van der Waals surface area contributed by atoms with E-state index in [-0.39, 0.29) is 5.92 Å². The molecular formula is C23H18F4N3O+. The first kappa shape index (κ1) is 22.1. The number of nitrogens with one attached hydrogen (secondary N) is 1. The summed E-state index contributed by atoms with van der Waals surface area (Å²) >= 11 is 0. The second-order valence-corrected chi connectivity index (χ2v) is 7.18. The van der Waals surface area contributed by atoms with Gasteiger partial charge in [-0.3, -0.25) is 10.2 Å². The first-order valence-corrected chi connectivity index (χ1v) is 9.70. The van der Waals surface area contributed by atoms with Gasteiger partial charge in [0.05, 0.1) is 23.1 Å². The van der Waals surface area contributed by atoms with Crippen LogP contribution < -0.4 is 4.57 Å². The lowest BCUT2D eigenvalue weighted by molar-refractivity contribution is -0.575. The zero-order chi connectivity index (χ0) is 22.5. The molecule has 2 aromatic rings. The van der Waals surface area contributed by atoms with Gasteiger partial charge in [-0.2, -0.15) is 9.83 Å². The van der Waals surface area contributed by atoms with Crippen LogP contribution in [0.15, 0.2) is 36.7 Å². The van der Waals surface area contributed by atoms with Crippen LogP contribution >= 0.6 is 0 Å². The third-order valence-corrected chi connectivity index (χ3v) is 5.24. The lowest BCUT2D eigenvalue weighted by atomic mass is 9.85. The molecule has 158 valence electrons. The smallest absolute Gasteiger partial charge is 0.281 e. The van der Waals surface area contributed by atoms with Crippen LogP contribution in [0.3, 0.4) is 0 Å². The lowest BCUT2D eigenvalue weighted by Crippen LogP contribution is -2.36. The fraction of sp³-hybridized carbons (Fsp3) is 0.261. The fourth-order valence-electron chi connectivity index (χ4n) is 3.72. The summed E-state index contributed by atoms with van der Waals surface area (Å²) in [5, 5.41) is 17.0. The first-order chi connectivity index (χ1) is 14.9. The molecule has 1 aliphatic carbocycles. The van der Waals surface area contributed by atoms with Gasteiger partial charge in [-0.25, -0.2) is 17.6 Å². The molecule has 1 aliphatic rings. The molecule has 1 N–H and O–H groups in total. The quantitative estimate of drug-likeness (QED) is 0.107. The number of ketones is 1. The van der Waals surface area contributed by atoms with Crippen LogP contribution in [0.5, 0.6) is 0 Å². The molecule has 0 aliphatic heterocycles. The van der Waals surface area contributed by atoms with Crippen molar-refractivity contribution in [1.29, 1.82) is 10.7 Å². The summed E-state index contributed by atoms with van der Waals surface area (Å²) in [7, 11) is 0. The van der Waals surface area contributed by atoms with E-state index >= 15 is 0 Å². The highest BCUT2D eigenvalue weighted by atomic mass is 19.2. The van der Waals surface area contributed by atoms with Crippen molar-refractivity contribution in [2.45, 2.75) is 32.1 Å². The Morgan fingerprint density at radius 2 is 1.55 bits per heavy atom. The molecule has 0 spiro atoms. The van der Waals surface area contributed by atoms with E-state index in [1.165, 1.54) is 30.6 Å². The molecule has 0 unspecified atom stereocenters. The van der Waals surface area contributed by atoms with Crippen LogP contribution in [0.2, 0.25) is 0 Å². The van der Waals surface area contributed by atoms with Gasteiger partial charge in [-0.1, -0.05) is 31.4 Å². The first-order valence-electron chi connectivity index (χ1n) is 9.70. The number of halogens is 4. The number of carbonyl (C=O) groups is 1. The van der Waals surface area contributed by atoms with Crippen LogP contribution in [0.1, 0.15) is 48.0 Å². The summed E-state index contributed by atoms with van der Waals surface area (Å²) in [6.07, 6.45) is 8.26. The van der Waals surface area contributed by atoms with Gasteiger partial charge in [-0.15, -0.1) is 0 Å². The number of carbonyl (C=O) groups excluding carboxylic acids is 1. The molecule has 1 aromatic carbocycles. The van der Waals surface area contributed by atoms with E-state index in [9.17, 15) is 27.6 Å². The highest BCUT2D eigenvalue weighted by Gasteiger charge is 2.35. The van der Waals surface area contributed by atoms with Gasteiger partial charge in [-0.05, 0) is 18.8 Å². The summed E-state index contributed by atoms with van der Waals surface area (Å²) in [6, 6.07) is 6.34. The fourth-order valence-corrected chi connectivity index (χ4v) is 3.72. The summed E-state index contributed by atoms with van der Waals surface area (Å²) in [4.78, 5) is 13.1. The average molecular weight is 428 g/mol. The molecule has 0 radical (unpaired) electrons. The van der Waals surface area contributed by atoms with Gasteiger partial charge in [0.25, 0.3) is 5.78 Å². The summed E-state index contributed by atoms with van der Waals surface area (Å²) in [5.41, 5.74) is -3.10. The van der Waals surface area contributed by atoms with Gasteiger partial charge in [0, 0.05) is 17.7 Å². The number of aromatic nitrogens is 1. The van der Waals surface area contributed by atoms with E-state index in [0.717, 1.165) is 23.8 Å². The lowest BCUT2D eigenvalue weighted by Gasteiger charge is -2.19. The van der Waals surface area contributed by atoms with E-state index in [4.69, 9.17) is 5.41 Å². The molecule has 0 atom stereocenters. The molecule has 1 fully saturated rings. The van der Waals surface area contributed by atoms with Gasteiger partial charge in [0.2, 0.25) is 0 Å². The van der Waals surface area contributed by atoms with Crippen molar-refractivity contribution in [1.82, 2.24) is 0 Å². The third kappa shape index (κ3) is 4.32. The van der Waals surface area contributed by atoms with Crippen molar-refractivity contribution >= 4 is 22.9 Å². The van der Waals surface area contributed by atoms with Gasteiger partial charge < -0.3 is 0 Å². The molecule has 3 rings (SSSR count). The van der Waals surface area contributed by atoms with Crippen LogP contribution in [0, 0.1) is 45.9 Å². The van der Waals surface area contributed by atoms with E-state index in [0.29, 0.717) is 12.8 Å². The van der Waals surface area contributed by atoms with E-state index in [1.807, 2.05) is 5.87 Å². The number of nitrogens with zero attached hydrogens (tertiary/aromatic N) is 2. The van der Waals surface area contributed by atoms with Crippen LogP contribution in [0.25, 0.3) is 11.3 Å². The van der Waals surface area contributed by atoms with Gasteiger partial charge >= 0.3 is 5.70 Å². The normalized spacial score (nSPS) is 14.6. The van der Waals surface area contributed by atoms with Crippen LogP contribution in [-0.2, 0) is 0 Å². The summed E-state index contributed by atoms with van der Waals surface area (Å²) in [5.74, 6) is -7.63. The van der Waals surface area contributed by atoms with E-state index in [2.05, 4.69) is 0 Å². The zero-order valence-electron chi connectivity index (χ0n) is 16.4. The van der Waals surface area contributed by atoms with Crippen molar-refractivity contribution in [3.63, 3.8) is 0 Å². The Balaban J connectivity index is 2.25. The second-order valence-electron chi connectivity index (χ2n) is 7.18. The molecule has 0 saturated heterocycles. The molecule has 4 nitrogen and oxygen atoms in total. The zero-order valence-corrected chi connectivity index (χ0v) is 16.4. The standard InChI is InChI=1S/C23H18F4N3O/c24-19-17(15(12-28)11-14-7-3-1-4-8-14)18(20(25)22(27)21(19)26)23(31)16(13-29)30-9-5-2-6-10-30/h2,5-6,9-11,14,29H,1,3-4,7-8H2/q+1/b15-11+. The minimum Gasteiger partial charge on any atom is -0.281 e. The molecule has 1 aromatic heterocycles. The predicted octanol–water partition coefficient (Wildman–Crippen LogP) is 4.99. The molecule has 1 saturated carbocycles. The minimum atomic E-state index is -2.16. The van der Waals surface area contributed by atoms with E-state index in [1.54, 1.807) is 12.1 Å². The van der Waals surface area contributed by atoms with Gasteiger partial charge in [0.1, 0.15) is 0 Å². The Bertz CT molecular complexity index is 1140. The molecule has 0 amide bonds. The van der Waals surface area contributed by atoms with Crippen LogP contribution in [0.4, 0.5) is 17.6 Å². The molecular weight excluding hydrogens is 410 g/mol. The summed E-state index contributed by atoms with van der Waals surface area (Å²) in [6.45, 7) is 0. The van der Waals surface area contributed by atoms with Crippen molar-refractivity contribution in [3.05, 3.63) is 71.1 Å². The Kier molecular flexibility index (Phi) is 6.78. The highest BCUT2D eigenvalue weighted by Crippen LogP contribution is 2.34. The molecule has 1 heterocycles. The Morgan fingerprint density at radius 3 is 2.10 bits per heavy atom. The molecule has 0 bridgehead atoms. The summed E-state index contributed by atoms with van der Waals surface area (Å²) < 4.78 is 58.8. The minimum absolute atomic E-state index is 0.136. The van der Waals surface area contributed by atoms with E-state index < -0.39 is 51.4 Å². The van der Waals surface area contributed by atoms with Crippen molar-refractivity contribution in [3.8, 4) is 6.07 Å². The molecule has 8 heteroatoms. The number of hydrogen-bond donors (Lipinski definition) is 1. The maximum Gasteiger partial charge on any atom is 0.321 e. The maximum absolute atomic E-state index is 14.8. The topological polar surface area (TPSA) is 68.6 Å². The number of hydrogen-bond acceptors (Lipinski definition) is 3. The Hall–Kier alpha value is -3.56. The number of nitriles is 1. The monoisotopic (exact) mass is 428 g/mol. The van der Waals surface area contributed by atoms with Crippen molar-refractivity contribution in [2.24, 2.45) is 5.92 Å². The number of pyridine rings is 1. The number of Topliss-reactive ketones (excluding diaryl/α,β-unsaturated/α-hetero) is 1. The Morgan fingerprint density at radius 1 is 0.968 bits per heavy atom. The number of rotatable bonds is 5. The highest BCUT2D eigenvalue weighted by molar-refractivity contribution is 6.29. The number of allylic oxidation sites excluding steroid dienone is 3. The van der Waals surface area contributed by atoms with Crippen molar-refractivity contribution in [2.75, 3.05) is 0 Å². The maximum atomic E-state index is 14.8. The SMILES string of the molecule is N#C/C(=C\C1CCCCC1)c1c(F)c(F)c(F)c(F)c1C(=O)C(=C=N)[n+]1ccccc1. The second kappa shape index (κ2) is 9.50. The van der Waals surface area contributed by atoms with Crippen LogP contribution in [-0.4, -0.2) is 11.7 Å². The molecule has 31 heavy (non-hydrogen) atoms. The van der Waals surface area contributed by atoms with Crippen molar-refractivity contribution < 1.29 is 26.9 Å². The Labute approximate surface area is 176 Å².